The highest BCUT2D eigenvalue weighted by Crippen LogP contribution is 2.62. The lowest BCUT2D eigenvalue weighted by Crippen LogP contribution is -2.15. The maximum atomic E-state index is 6.13. The second-order valence-electron chi connectivity index (χ2n) is 5.82. The molecule has 5 atom stereocenters. The first-order valence-electron chi connectivity index (χ1n) is 5.54. The average Bonchev–Trinajstić information content (AvgIpc) is 2.54. The predicted molar refractivity (Wildman–Crippen MR) is 54.1 cm³/mol. The number of hydrogen-bond acceptors (Lipinski definition) is 1. The van der Waals surface area contributed by atoms with Gasteiger partial charge in [-0.2, -0.15) is 0 Å². The first-order chi connectivity index (χ1) is 6.10. The fraction of sp³-hybridized carbons (Fsp3) is 0.833. The Morgan fingerprint density at radius 1 is 1.23 bits per heavy atom. The van der Waals surface area contributed by atoms with Gasteiger partial charge in [0.1, 0.15) is 0 Å². The molecule has 2 bridgehead atoms. The molecule has 0 spiro atoms. The normalized spacial score (nSPS) is 55.8. The smallest absolute Gasteiger partial charge is 0.0131 e. The van der Waals surface area contributed by atoms with Gasteiger partial charge in [-0.25, -0.2) is 0 Å². The number of rotatable bonds is 1. The zero-order valence-corrected chi connectivity index (χ0v) is 8.53. The van der Waals surface area contributed by atoms with Crippen molar-refractivity contribution in [3.63, 3.8) is 0 Å². The summed E-state index contributed by atoms with van der Waals surface area (Å²) < 4.78 is 0. The van der Waals surface area contributed by atoms with E-state index in [2.05, 4.69) is 26.0 Å². The Balaban J connectivity index is 1.79. The van der Waals surface area contributed by atoms with Crippen LogP contribution in [-0.4, -0.2) is 6.04 Å². The van der Waals surface area contributed by atoms with Crippen LogP contribution in [-0.2, 0) is 0 Å². The molecule has 1 heteroatoms. The molecule has 3 rings (SSSR count). The highest BCUT2D eigenvalue weighted by atomic mass is 14.9. The highest BCUT2D eigenvalue weighted by Gasteiger charge is 2.61. The molecule has 1 nitrogen and oxygen atoms in total. The van der Waals surface area contributed by atoms with Crippen molar-refractivity contribution in [2.24, 2.45) is 34.8 Å². The summed E-state index contributed by atoms with van der Waals surface area (Å²) in [5.41, 5.74) is 6.57. The van der Waals surface area contributed by atoms with E-state index in [4.69, 9.17) is 5.73 Å². The summed E-state index contributed by atoms with van der Waals surface area (Å²) in [7, 11) is 0. The van der Waals surface area contributed by atoms with Gasteiger partial charge in [0.05, 0.1) is 0 Å². The molecular formula is C12H19N. The van der Waals surface area contributed by atoms with E-state index in [1.807, 2.05) is 0 Å². The zero-order chi connectivity index (χ0) is 9.22. The van der Waals surface area contributed by atoms with Crippen LogP contribution in [0.25, 0.3) is 0 Å². The van der Waals surface area contributed by atoms with Gasteiger partial charge in [0.15, 0.2) is 0 Å². The van der Waals surface area contributed by atoms with Crippen LogP contribution >= 0.6 is 0 Å². The highest BCUT2D eigenvalue weighted by molar-refractivity contribution is 5.19. The third-order valence-electron chi connectivity index (χ3n) is 4.79. The molecule has 72 valence electrons. The summed E-state index contributed by atoms with van der Waals surface area (Å²) in [6, 6.07) is 0.477. The molecule has 2 fully saturated rings. The minimum atomic E-state index is 0.434. The van der Waals surface area contributed by atoms with Crippen molar-refractivity contribution in [2.75, 3.05) is 0 Å². The van der Waals surface area contributed by atoms with Crippen molar-refractivity contribution >= 4 is 0 Å². The van der Waals surface area contributed by atoms with Gasteiger partial charge in [0.2, 0.25) is 0 Å². The molecule has 0 amide bonds. The standard InChI is InChI=1S/C12H19N/c1-12(2)10(11(12)13)9-6-7-3-4-8(9)5-7/h3-4,7-11H,5-6,13H2,1-2H3/t7?,8?,9?,10-,11-/m0/s1. The molecule has 3 aliphatic rings. The monoisotopic (exact) mass is 177 g/mol. The van der Waals surface area contributed by atoms with E-state index >= 15 is 0 Å². The van der Waals surface area contributed by atoms with Crippen molar-refractivity contribution < 1.29 is 0 Å². The van der Waals surface area contributed by atoms with E-state index in [1.165, 1.54) is 12.8 Å². The lowest BCUT2D eigenvalue weighted by molar-refractivity contribution is 0.342. The summed E-state index contributed by atoms with van der Waals surface area (Å²) in [5.74, 6) is 3.51. The topological polar surface area (TPSA) is 26.0 Å². The molecule has 0 radical (unpaired) electrons. The molecule has 0 aromatic heterocycles. The van der Waals surface area contributed by atoms with Crippen LogP contribution in [0.4, 0.5) is 0 Å². The molecule has 2 N–H and O–H groups in total. The van der Waals surface area contributed by atoms with Crippen molar-refractivity contribution in [3.05, 3.63) is 12.2 Å². The largest absolute Gasteiger partial charge is 0.327 e. The number of fused-ring (bicyclic) bond motifs is 2. The molecule has 0 aliphatic heterocycles. The van der Waals surface area contributed by atoms with Gasteiger partial charge in [-0.05, 0) is 41.9 Å². The minimum absolute atomic E-state index is 0.434. The molecule has 0 aromatic carbocycles. The maximum Gasteiger partial charge on any atom is 0.0131 e. The van der Waals surface area contributed by atoms with Crippen LogP contribution in [0.2, 0.25) is 0 Å². The lowest BCUT2D eigenvalue weighted by atomic mass is 9.86. The minimum Gasteiger partial charge on any atom is -0.327 e. The molecule has 0 saturated heterocycles. The quantitative estimate of drug-likeness (QED) is 0.610. The predicted octanol–water partition coefficient (Wildman–Crippen LogP) is 2.18. The van der Waals surface area contributed by atoms with Gasteiger partial charge in [-0.1, -0.05) is 26.0 Å². The fourth-order valence-corrected chi connectivity index (χ4v) is 3.77. The van der Waals surface area contributed by atoms with E-state index in [1.54, 1.807) is 0 Å². The van der Waals surface area contributed by atoms with E-state index in [0.717, 1.165) is 23.7 Å². The summed E-state index contributed by atoms with van der Waals surface area (Å²) in [5, 5.41) is 0. The fourth-order valence-electron chi connectivity index (χ4n) is 3.77. The molecule has 2 saturated carbocycles. The van der Waals surface area contributed by atoms with Crippen molar-refractivity contribution in [1.82, 2.24) is 0 Å². The van der Waals surface area contributed by atoms with Crippen molar-refractivity contribution in [3.8, 4) is 0 Å². The van der Waals surface area contributed by atoms with Gasteiger partial charge >= 0.3 is 0 Å². The SMILES string of the molecule is CC1(C)[C@@H](N)[C@@H]1C1CC2C=CC1C2. The van der Waals surface area contributed by atoms with Crippen molar-refractivity contribution in [1.29, 1.82) is 0 Å². The first kappa shape index (κ1) is 8.05. The van der Waals surface area contributed by atoms with E-state index in [-0.39, 0.29) is 0 Å². The molecular weight excluding hydrogens is 158 g/mol. The van der Waals surface area contributed by atoms with Gasteiger partial charge < -0.3 is 5.73 Å². The Morgan fingerprint density at radius 3 is 2.31 bits per heavy atom. The van der Waals surface area contributed by atoms with E-state index < -0.39 is 0 Å². The molecule has 3 unspecified atom stereocenters. The third kappa shape index (κ3) is 0.914. The number of nitrogens with two attached hydrogens (primary N) is 1. The van der Waals surface area contributed by atoms with Gasteiger partial charge in [-0.3, -0.25) is 0 Å². The first-order valence-corrected chi connectivity index (χ1v) is 5.54. The summed E-state index contributed by atoms with van der Waals surface area (Å²) >= 11 is 0. The van der Waals surface area contributed by atoms with Crippen LogP contribution in [0.5, 0.6) is 0 Å². The summed E-state index contributed by atoms with van der Waals surface area (Å²) in [6.07, 6.45) is 7.70. The third-order valence-corrected chi connectivity index (χ3v) is 4.79. The van der Waals surface area contributed by atoms with Crippen molar-refractivity contribution in [2.45, 2.75) is 32.7 Å². The second kappa shape index (κ2) is 2.20. The average molecular weight is 177 g/mol. The molecule has 13 heavy (non-hydrogen) atoms. The second-order valence-corrected chi connectivity index (χ2v) is 5.82. The number of allylic oxidation sites excluding steroid dienone is 2. The van der Waals surface area contributed by atoms with Crippen LogP contribution in [0.15, 0.2) is 12.2 Å². The number of hydrogen-bond donors (Lipinski definition) is 1. The Morgan fingerprint density at radius 2 is 1.92 bits per heavy atom. The summed E-state index contributed by atoms with van der Waals surface area (Å²) in [6.45, 7) is 4.66. The zero-order valence-electron chi connectivity index (χ0n) is 8.53. The van der Waals surface area contributed by atoms with Crippen LogP contribution in [0.3, 0.4) is 0 Å². The Kier molecular flexibility index (Phi) is 1.36. The van der Waals surface area contributed by atoms with Gasteiger partial charge in [-0.15, -0.1) is 0 Å². The van der Waals surface area contributed by atoms with Crippen LogP contribution < -0.4 is 5.73 Å². The van der Waals surface area contributed by atoms with Crippen LogP contribution in [0.1, 0.15) is 26.7 Å². The molecule has 0 heterocycles. The Bertz CT molecular complexity index is 266. The van der Waals surface area contributed by atoms with E-state index in [9.17, 15) is 0 Å². The lowest BCUT2D eigenvalue weighted by Gasteiger charge is -2.19. The van der Waals surface area contributed by atoms with Gasteiger partial charge in [0, 0.05) is 6.04 Å². The van der Waals surface area contributed by atoms with E-state index in [0.29, 0.717) is 11.5 Å². The van der Waals surface area contributed by atoms with Gasteiger partial charge in [0.25, 0.3) is 0 Å². The summed E-state index contributed by atoms with van der Waals surface area (Å²) in [4.78, 5) is 0. The maximum absolute atomic E-state index is 6.13. The molecule has 0 aromatic rings. The van der Waals surface area contributed by atoms with Crippen LogP contribution in [0, 0.1) is 29.1 Å². The molecule has 3 aliphatic carbocycles. The Hall–Kier alpha value is -0.300. The Labute approximate surface area is 80.4 Å².